The number of hydrogen-bond donors (Lipinski definition) is 1. The summed E-state index contributed by atoms with van der Waals surface area (Å²) < 4.78 is 1.88. The first-order valence-electron chi connectivity index (χ1n) is 6.21. The van der Waals surface area contributed by atoms with Crippen molar-refractivity contribution in [1.29, 1.82) is 0 Å². The van der Waals surface area contributed by atoms with Gasteiger partial charge in [0.1, 0.15) is 12.2 Å². The minimum atomic E-state index is 0.316. The molecule has 1 N–H and O–H groups in total. The van der Waals surface area contributed by atoms with Crippen LogP contribution >= 0.6 is 0 Å². The van der Waals surface area contributed by atoms with Gasteiger partial charge in [-0.2, -0.15) is 5.10 Å². The van der Waals surface area contributed by atoms with Crippen LogP contribution in [0, 0.1) is 5.41 Å². The molecular formula is C12H24N4. The molecule has 0 atom stereocenters. The summed E-state index contributed by atoms with van der Waals surface area (Å²) in [6.07, 6.45) is 4.98. The molecule has 0 spiro atoms. The molecule has 0 amide bonds. The maximum absolute atomic E-state index is 4.33. The van der Waals surface area contributed by atoms with Crippen LogP contribution in [0.15, 0.2) is 6.33 Å². The second kappa shape index (κ2) is 5.99. The van der Waals surface area contributed by atoms with Crippen molar-refractivity contribution in [1.82, 2.24) is 20.1 Å². The lowest BCUT2D eigenvalue weighted by molar-refractivity contribution is 0.240. The number of aromatic nitrogens is 3. The third-order valence-corrected chi connectivity index (χ3v) is 3.59. The van der Waals surface area contributed by atoms with Gasteiger partial charge in [0.15, 0.2) is 0 Å². The molecule has 0 radical (unpaired) electrons. The number of rotatable bonds is 7. The molecule has 0 aliphatic rings. The molecule has 0 bridgehead atoms. The van der Waals surface area contributed by atoms with Crippen molar-refractivity contribution in [3.8, 4) is 0 Å². The molecule has 92 valence electrons. The first-order chi connectivity index (χ1) is 7.67. The van der Waals surface area contributed by atoms with E-state index in [0.29, 0.717) is 5.41 Å². The highest BCUT2D eigenvalue weighted by atomic mass is 15.3. The largest absolute Gasteiger partial charge is 0.316 e. The fourth-order valence-electron chi connectivity index (χ4n) is 2.02. The van der Waals surface area contributed by atoms with Gasteiger partial charge in [-0.3, -0.25) is 4.68 Å². The highest BCUT2D eigenvalue weighted by molar-refractivity contribution is 4.93. The van der Waals surface area contributed by atoms with Gasteiger partial charge in [-0.15, -0.1) is 0 Å². The van der Waals surface area contributed by atoms with Crippen LogP contribution in [0.25, 0.3) is 0 Å². The highest BCUT2D eigenvalue weighted by Gasteiger charge is 2.27. The molecule has 0 saturated heterocycles. The Morgan fingerprint density at radius 3 is 2.44 bits per heavy atom. The number of hydrogen-bond acceptors (Lipinski definition) is 3. The van der Waals surface area contributed by atoms with Crippen molar-refractivity contribution in [2.24, 2.45) is 12.5 Å². The average Bonchev–Trinajstić information content (AvgIpc) is 2.70. The third kappa shape index (κ3) is 3.04. The second-order valence-electron chi connectivity index (χ2n) is 4.46. The summed E-state index contributed by atoms with van der Waals surface area (Å²) in [5.74, 6) is 1.08. The Hall–Kier alpha value is -0.900. The summed E-state index contributed by atoms with van der Waals surface area (Å²) in [4.78, 5) is 4.33. The van der Waals surface area contributed by atoms with Gasteiger partial charge in [0.2, 0.25) is 0 Å². The zero-order chi connectivity index (χ0) is 12.0. The molecule has 16 heavy (non-hydrogen) atoms. The smallest absolute Gasteiger partial charge is 0.138 e. The zero-order valence-corrected chi connectivity index (χ0v) is 11.0. The van der Waals surface area contributed by atoms with Crippen LogP contribution in [-0.4, -0.2) is 27.9 Å². The zero-order valence-electron chi connectivity index (χ0n) is 11.0. The Morgan fingerprint density at radius 2 is 2.00 bits per heavy atom. The van der Waals surface area contributed by atoms with Gasteiger partial charge in [0.05, 0.1) is 0 Å². The van der Waals surface area contributed by atoms with E-state index in [1.807, 2.05) is 11.7 Å². The second-order valence-corrected chi connectivity index (χ2v) is 4.46. The third-order valence-electron chi connectivity index (χ3n) is 3.59. The molecule has 1 aromatic rings. The molecule has 0 unspecified atom stereocenters. The number of nitrogens with one attached hydrogen (secondary N) is 1. The van der Waals surface area contributed by atoms with Crippen molar-refractivity contribution in [2.45, 2.75) is 40.0 Å². The SMILES string of the molecule is CCNCC(CC)(CC)Cc1ncnn1C. The number of nitrogens with zero attached hydrogens (tertiary/aromatic N) is 3. The fourth-order valence-corrected chi connectivity index (χ4v) is 2.02. The van der Waals surface area contributed by atoms with E-state index < -0.39 is 0 Å². The molecule has 1 heterocycles. The lowest BCUT2D eigenvalue weighted by Crippen LogP contribution is -2.36. The Balaban J connectivity index is 2.73. The topological polar surface area (TPSA) is 42.7 Å². The van der Waals surface area contributed by atoms with E-state index in [2.05, 4.69) is 36.2 Å². The summed E-state index contributed by atoms with van der Waals surface area (Å²) >= 11 is 0. The molecule has 4 nitrogen and oxygen atoms in total. The molecule has 1 rings (SSSR count). The summed E-state index contributed by atoms with van der Waals surface area (Å²) in [7, 11) is 1.96. The highest BCUT2D eigenvalue weighted by Crippen LogP contribution is 2.29. The Labute approximate surface area is 98.5 Å². The molecule has 0 aromatic carbocycles. The van der Waals surface area contributed by atoms with E-state index in [0.717, 1.165) is 25.3 Å². The molecule has 1 aromatic heterocycles. The van der Waals surface area contributed by atoms with Gasteiger partial charge in [0, 0.05) is 20.0 Å². The normalized spacial score (nSPS) is 12.0. The standard InChI is InChI=1S/C12H24N4/c1-5-12(6-2,9-13-7-3)8-11-14-10-15-16(11)4/h10,13H,5-9H2,1-4H3. The molecular weight excluding hydrogens is 200 g/mol. The maximum atomic E-state index is 4.33. The van der Waals surface area contributed by atoms with Crippen LogP contribution in [0.1, 0.15) is 39.4 Å². The first-order valence-corrected chi connectivity index (χ1v) is 6.21. The molecule has 0 fully saturated rings. The fraction of sp³-hybridized carbons (Fsp3) is 0.833. The van der Waals surface area contributed by atoms with Crippen LogP contribution in [0.4, 0.5) is 0 Å². The van der Waals surface area contributed by atoms with Crippen LogP contribution in [0.5, 0.6) is 0 Å². The van der Waals surface area contributed by atoms with Gasteiger partial charge in [-0.05, 0) is 24.8 Å². The van der Waals surface area contributed by atoms with Gasteiger partial charge in [-0.25, -0.2) is 4.98 Å². The summed E-state index contributed by atoms with van der Waals surface area (Å²) in [6.45, 7) is 8.76. The van der Waals surface area contributed by atoms with E-state index in [4.69, 9.17) is 0 Å². The monoisotopic (exact) mass is 224 g/mol. The summed E-state index contributed by atoms with van der Waals surface area (Å²) in [5.41, 5.74) is 0.316. The van der Waals surface area contributed by atoms with Crippen LogP contribution < -0.4 is 5.32 Å². The predicted octanol–water partition coefficient (Wildman–Crippen LogP) is 1.77. The average molecular weight is 224 g/mol. The van der Waals surface area contributed by atoms with Crippen molar-refractivity contribution < 1.29 is 0 Å². The molecule has 0 aliphatic heterocycles. The Morgan fingerprint density at radius 1 is 1.31 bits per heavy atom. The van der Waals surface area contributed by atoms with Crippen LogP contribution in [0.3, 0.4) is 0 Å². The lowest BCUT2D eigenvalue weighted by atomic mass is 9.79. The van der Waals surface area contributed by atoms with Crippen molar-refractivity contribution in [3.05, 3.63) is 12.2 Å². The van der Waals surface area contributed by atoms with Crippen molar-refractivity contribution in [2.75, 3.05) is 13.1 Å². The summed E-state index contributed by atoms with van der Waals surface area (Å²) in [5, 5.41) is 7.60. The molecule has 4 heteroatoms. The van der Waals surface area contributed by atoms with E-state index in [-0.39, 0.29) is 0 Å². The minimum Gasteiger partial charge on any atom is -0.316 e. The number of aryl methyl sites for hydroxylation is 1. The van der Waals surface area contributed by atoms with Crippen molar-refractivity contribution >= 4 is 0 Å². The predicted molar refractivity (Wildman–Crippen MR) is 66.3 cm³/mol. The van der Waals surface area contributed by atoms with Gasteiger partial charge in [0.25, 0.3) is 0 Å². The van der Waals surface area contributed by atoms with Crippen molar-refractivity contribution in [3.63, 3.8) is 0 Å². The Kier molecular flexibility index (Phi) is 4.93. The van der Waals surface area contributed by atoms with E-state index in [1.54, 1.807) is 6.33 Å². The van der Waals surface area contributed by atoms with Crippen LogP contribution in [0.2, 0.25) is 0 Å². The first kappa shape index (κ1) is 13.2. The van der Waals surface area contributed by atoms with Gasteiger partial charge < -0.3 is 5.32 Å². The van der Waals surface area contributed by atoms with Gasteiger partial charge >= 0.3 is 0 Å². The lowest BCUT2D eigenvalue weighted by Gasteiger charge is -2.31. The summed E-state index contributed by atoms with van der Waals surface area (Å²) in [6, 6.07) is 0. The molecule has 0 saturated carbocycles. The van der Waals surface area contributed by atoms with E-state index in [9.17, 15) is 0 Å². The maximum Gasteiger partial charge on any atom is 0.138 e. The minimum absolute atomic E-state index is 0.316. The van der Waals surface area contributed by atoms with Gasteiger partial charge in [-0.1, -0.05) is 20.8 Å². The van der Waals surface area contributed by atoms with E-state index >= 15 is 0 Å². The Bertz CT molecular complexity index is 302. The molecule has 0 aliphatic carbocycles. The van der Waals surface area contributed by atoms with Crippen LogP contribution in [-0.2, 0) is 13.5 Å². The van der Waals surface area contributed by atoms with E-state index in [1.165, 1.54) is 12.8 Å². The quantitative estimate of drug-likeness (QED) is 0.767.